The van der Waals surface area contributed by atoms with E-state index in [4.69, 9.17) is 9.52 Å². The average Bonchev–Trinajstić information content (AvgIpc) is 2.94. The second-order valence-electron chi connectivity index (χ2n) is 4.48. The Kier molecular flexibility index (Phi) is 3.24. The van der Waals surface area contributed by atoms with Gasteiger partial charge in [0.05, 0.1) is 6.54 Å². The lowest BCUT2D eigenvalue weighted by Gasteiger charge is -2.25. The zero-order chi connectivity index (χ0) is 15.1. The third-order valence-electron chi connectivity index (χ3n) is 3.09. The molecule has 110 valence electrons. The van der Waals surface area contributed by atoms with Gasteiger partial charge in [0.2, 0.25) is 5.76 Å². The molecule has 1 aromatic heterocycles. The second kappa shape index (κ2) is 4.51. The quantitative estimate of drug-likeness (QED) is 0.852. The van der Waals surface area contributed by atoms with E-state index < -0.39 is 42.4 Å². The summed E-state index contributed by atoms with van der Waals surface area (Å²) in [6.07, 6.45) is -5.47. The molecule has 1 aliphatic rings. The summed E-state index contributed by atoms with van der Waals surface area (Å²) in [5, 5.41) is 18.1. The smallest absolute Gasteiger partial charge is 0.419 e. The topological polar surface area (TPSA) is 91.0 Å². The van der Waals surface area contributed by atoms with E-state index in [1.807, 2.05) is 0 Å². The van der Waals surface area contributed by atoms with E-state index in [9.17, 15) is 27.9 Å². The van der Waals surface area contributed by atoms with Crippen molar-refractivity contribution in [3.63, 3.8) is 0 Å². The molecule has 1 amide bonds. The van der Waals surface area contributed by atoms with Crippen LogP contribution in [-0.4, -0.2) is 51.9 Å². The Bertz CT molecular complexity index is 552. The van der Waals surface area contributed by atoms with E-state index in [1.165, 1.54) is 0 Å². The number of carboxylic acids is 1. The molecule has 0 radical (unpaired) electrons. The molecular weight excluding hydrogens is 283 g/mol. The average molecular weight is 293 g/mol. The summed E-state index contributed by atoms with van der Waals surface area (Å²) >= 11 is 0. The van der Waals surface area contributed by atoms with E-state index >= 15 is 0 Å². The minimum atomic E-state index is -4.84. The van der Waals surface area contributed by atoms with Crippen molar-refractivity contribution in [2.24, 2.45) is 0 Å². The van der Waals surface area contributed by atoms with Gasteiger partial charge in [-0.05, 0) is 12.1 Å². The lowest BCUT2D eigenvalue weighted by Crippen LogP contribution is -2.48. The van der Waals surface area contributed by atoms with E-state index in [2.05, 4.69) is 0 Å². The number of carbonyl (C=O) groups excluding carboxylic acids is 1. The number of amides is 1. The first-order chi connectivity index (χ1) is 9.14. The summed E-state index contributed by atoms with van der Waals surface area (Å²) in [5.74, 6) is -3.15. The molecule has 1 aliphatic heterocycles. The molecule has 1 saturated heterocycles. The molecule has 20 heavy (non-hydrogen) atoms. The summed E-state index contributed by atoms with van der Waals surface area (Å²) in [6, 6.07) is 2.10. The second-order valence-corrected chi connectivity index (χ2v) is 4.48. The summed E-state index contributed by atoms with van der Waals surface area (Å²) in [4.78, 5) is 23.2. The monoisotopic (exact) mass is 293 g/mol. The van der Waals surface area contributed by atoms with Crippen LogP contribution in [0.4, 0.5) is 13.2 Å². The number of furan rings is 1. The molecular formula is C11H10F3NO5. The molecule has 1 unspecified atom stereocenters. The first-order valence-electron chi connectivity index (χ1n) is 5.55. The Morgan fingerprint density at radius 1 is 1.30 bits per heavy atom. The van der Waals surface area contributed by atoms with Crippen LogP contribution >= 0.6 is 0 Å². The van der Waals surface area contributed by atoms with Gasteiger partial charge in [0, 0.05) is 13.0 Å². The molecule has 0 saturated carbocycles. The number of carbonyl (C=O) groups is 2. The maximum absolute atomic E-state index is 12.6. The van der Waals surface area contributed by atoms with Gasteiger partial charge in [0.15, 0.2) is 11.4 Å². The normalized spacial score (nSPS) is 23.1. The van der Waals surface area contributed by atoms with E-state index in [-0.39, 0.29) is 12.3 Å². The summed E-state index contributed by atoms with van der Waals surface area (Å²) in [7, 11) is 0. The number of hydrogen-bond acceptors (Lipinski definition) is 4. The molecule has 1 aromatic rings. The Balaban J connectivity index is 2.13. The van der Waals surface area contributed by atoms with Crippen molar-refractivity contribution in [1.29, 1.82) is 0 Å². The van der Waals surface area contributed by atoms with Gasteiger partial charge in [-0.2, -0.15) is 13.2 Å². The number of halogens is 3. The molecule has 2 heterocycles. The maximum Gasteiger partial charge on any atom is 0.419 e. The molecule has 0 bridgehead atoms. The van der Waals surface area contributed by atoms with Gasteiger partial charge >= 0.3 is 12.1 Å². The number of aromatic carboxylic acids is 1. The van der Waals surface area contributed by atoms with Crippen LogP contribution in [0.2, 0.25) is 0 Å². The molecule has 1 atom stereocenters. The lowest BCUT2D eigenvalue weighted by molar-refractivity contribution is -0.253. The highest BCUT2D eigenvalue weighted by atomic mass is 19.4. The fraction of sp³-hybridized carbons (Fsp3) is 0.455. The number of β-amino-alcohol motifs (C(OH)–C–C–N with tert-alkyl or cyclic N) is 1. The SMILES string of the molecule is O=C(O)c1ccc(C(=O)N2CCC(O)(C(F)(F)F)C2)o1. The van der Waals surface area contributed by atoms with Gasteiger partial charge in [0.1, 0.15) is 0 Å². The van der Waals surface area contributed by atoms with Crippen molar-refractivity contribution < 1.29 is 37.4 Å². The predicted octanol–water partition coefficient (Wildman–Crippen LogP) is 1.12. The molecule has 9 heteroatoms. The summed E-state index contributed by atoms with van der Waals surface area (Å²) < 4.78 is 42.5. The highest BCUT2D eigenvalue weighted by Gasteiger charge is 2.58. The number of nitrogens with zero attached hydrogens (tertiary/aromatic N) is 1. The van der Waals surface area contributed by atoms with Gasteiger partial charge in [-0.25, -0.2) is 4.79 Å². The van der Waals surface area contributed by atoms with Crippen LogP contribution in [0.1, 0.15) is 27.5 Å². The van der Waals surface area contributed by atoms with Crippen molar-refractivity contribution in [2.75, 3.05) is 13.1 Å². The molecule has 2 rings (SSSR count). The number of aliphatic hydroxyl groups is 1. The van der Waals surface area contributed by atoms with Crippen LogP contribution in [0.3, 0.4) is 0 Å². The van der Waals surface area contributed by atoms with Crippen LogP contribution in [0.5, 0.6) is 0 Å². The lowest BCUT2D eigenvalue weighted by atomic mass is 10.0. The van der Waals surface area contributed by atoms with Crippen LogP contribution < -0.4 is 0 Å². The Morgan fingerprint density at radius 2 is 1.90 bits per heavy atom. The number of alkyl halides is 3. The van der Waals surface area contributed by atoms with Crippen molar-refractivity contribution in [3.8, 4) is 0 Å². The third-order valence-corrected chi connectivity index (χ3v) is 3.09. The molecule has 0 aliphatic carbocycles. The Hall–Kier alpha value is -2.03. The fourth-order valence-electron chi connectivity index (χ4n) is 1.92. The van der Waals surface area contributed by atoms with Crippen molar-refractivity contribution in [1.82, 2.24) is 4.90 Å². The summed E-state index contributed by atoms with van der Waals surface area (Å²) in [6.45, 7) is -1.20. The Morgan fingerprint density at radius 3 is 2.35 bits per heavy atom. The van der Waals surface area contributed by atoms with Crippen molar-refractivity contribution in [2.45, 2.75) is 18.2 Å². The van der Waals surface area contributed by atoms with Crippen LogP contribution in [0, 0.1) is 0 Å². The standard InChI is InChI=1S/C11H10F3NO5/c12-11(13,14)10(19)3-4-15(5-10)8(16)6-1-2-7(20-6)9(17)18/h1-2,19H,3-5H2,(H,17,18). The van der Waals surface area contributed by atoms with Crippen LogP contribution in [0.25, 0.3) is 0 Å². The van der Waals surface area contributed by atoms with Gasteiger partial charge < -0.3 is 19.5 Å². The highest BCUT2D eigenvalue weighted by Crippen LogP contribution is 2.38. The molecule has 2 N–H and O–H groups in total. The summed E-state index contributed by atoms with van der Waals surface area (Å²) in [5.41, 5.74) is -2.94. The van der Waals surface area contributed by atoms with Gasteiger partial charge in [-0.3, -0.25) is 4.79 Å². The first-order valence-corrected chi connectivity index (χ1v) is 5.55. The maximum atomic E-state index is 12.6. The number of likely N-dealkylation sites (tertiary alicyclic amines) is 1. The van der Waals surface area contributed by atoms with E-state index in [0.29, 0.717) is 0 Å². The number of hydrogen-bond donors (Lipinski definition) is 2. The largest absolute Gasteiger partial charge is 0.475 e. The van der Waals surface area contributed by atoms with Crippen molar-refractivity contribution in [3.05, 3.63) is 23.7 Å². The van der Waals surface area contributed by atoms with Crippen LogP contribution in [-0.2, 0) is 0 Å². The first kappa shape index (κ1) is 14.4. The Labute approximate surface area is 110 Å². The molecule has 6 nitrogen and oxygen atoms in total. The van der Waals surface area contributed by atoms with Crippen molar-refractivity contribution >= 4 is 11.9 Å². The third kappa shape index (κ3) is 2.36. The minimum absolute atomic E-state index is 0.294. The zero-order valence-corrected chi connectivity index (χ0v) is 9.98. The molecule has 1 fully saturated rings. The number of carboxylic acid groups (broad SMARTS) is 1. The molecule has 0 spiro atoms. The van der Waals surface area contributed by atoms with Gasteiger partial charge in [0.25, 0.3) is 5.91 Å². The predicted molar refractivity (Wildman–Crippen MR) is 57.2 cm³/mol. The van der Waals surface area contributed by atoms with Gasteiger partial charge in [-0.15, -0.1) is 0 Å². The van der Waals surface area contributed by atoms with Crippen LogP contribution in [0.15, 0.2) is 16.5 Å². The highest BCUT2D eigenvalue weighted by molar-refractivity contribution is 5.93. The van der Waals surface area contributed by atoms with Gasteiger partial charge in [-0.1, -0.05) is 0 Å². The number of rotatable bonds is 2. The van der Waals surface area contributed by atoms with E-state index in [1.54, 1.807) is 0 Å². The molecule has 0 aromatic carbocycles. The minimum Gasteiger partial charge on any atom is -0.475 e. The zero-order valence-electron chi connectivity index (χ0n) is 9.98. The van der Waals surface area contributed by atoms with E-state index in [0.717, 1.165) is 17.0 Å². The fourth-order valence-corrected chi connectivity index (χ4v) is 1.92.